The number of hydrogen-bond donors (Lipinski definition) is 1. The average Bonchev–Trinajstić information content (AvgIpc) is 2.39. The van der Waals surface area contributed by atoms with Gasteiger partial charge in [0.1, 0.15) is 5.75 Å². The van der Waals surface area contributed by atoms with Crippen molar-refractivity contribution in [2.75, 3.05) is 6.61 Å². The first-order chi connectivity index (χ1) is 7.59. The molecule has 2 atom stereocenters. The van der Waals surface area contributed by atoms with Crippen LogP contribution in [-0.4, -0.2) is 12.6 Å². The minimum atomic E-state index is 0.0787. The van der Waals surface area contributed by atoms with E-state index in [2.05, 4.69) is 0 Å². The van der Waals surface area contributed by atoms with Crippen LogP contribution in [0.4, 0.5) is 0 Å². The molecule has 1 aliphatic heterocycles. The van der Waals surface area contributed by atoms with Crippen molar-refractivity contribution in [3.8, 4) is 5.75 Å². The normalized spacial score (nSPS) is 21.9. The molecule has 0 bridgehead atoms. The van der Waals surface area contributed by atoms with Gasteiger partial charge in [0, 0.05) is 22.5 Å². The second-order valence-electron chi connectivity index (χ2n) is 4.26. The van der Waals surface area contributed by atoms with Gasteiger partial charge in [-0.2, -0.15) is 0 Å². The second-order valence-corrected chi connectivity index (χ2v) is 5.11. The Morgan fingerprint density at radius 2 is 2.19 bits per heavy atom. The first kappa shape index (κ1) is 12.0. The van der Waals surface area contributed by atoms with Gasteiger partial charge in [0.25, 0.3) is 0 Å². The van der Waals surface area contributed by atoms with E-state index < -0.39 is 0 Å². The number of benzene rings is 1. The summed E-state index contributed by atoms with van der Waals surface area (Å²) in [7, 11) is 0. The van der Waals surface area contributed by atoms with Crippen molar-refractivity contribution < 1.29 is 4.74 Å². The van der Waals surface area contributed by atoms with Gasteiger partial charge in [-0.1, -0.05) is 23.2 Å². The van der Waals surface area contributed by atoms with Crippen LogP contribution < -0.4 is 10.5 Å². The third-order valence-electron chi connectivity index (χ3n) is 2.98. The lowest BCUT2D eigenvalue weighted by Crippen LogP contribution is -2.24. The molecule has 0 saturated carbocycles. The molecule has 1 aromatic rings. The molecule has 2 N–H and O–H groups in total. The van der Waals surface area contributed by atoms with E-state index >= 15 is 0 Å². The van der Waals surface area contributed by atoms with Gasteiger partial charge >= 0.3 is 0 Å². The smallest absolute Gasteiger partial charge is 0.141 e. The molecule has 0 aliphatic carbocycles. The molecule has 1 aromatic carbocycles. The lowest BCUT2D eigenvalue weighted by Gasteiger charge is -2.21. The second kappa shape index (κ2) is 4.82. The molecule has 4 heteroatoms. The van der Waals surface area contributed by atoms with Crippen LogP contribution in [0.2, 0.25) is 10.0 Å². The predicted molar refractivity (Wildman–Crippen MR) is 67.6 cm³/mol. The molecule has 0 amide bonds. The summed E-state index contributed by atoms with van der Waals surface area (Å²) in [5.41, 5.74) is 7.06. The maximum atomic E-state index is 6.14. The van der Waals surface area contributed by atoms with E-state index in [9.17, 15) is 0 Å². The Labute approximate surface area is 106 Å². The lowest BCUT2D eigenvalue weighted by molar-refractivity contribution is 0.315. The molecular formula is C12H15Cl2NO. The maximum absolute atomic E-state index is 6.14. The van der Waals surface area contributed by atoms with Crippen molar-refractivity contribution >= 4 is 23.2 Å². The molecule has 16 heavy (non-hydrogen) atoms. The van der Waals surface area contributed by atoms with Gasteiger partial charge in [-0.3, -0.25) is 0 Å². The Morgan fingerprint density at radius 1 is 1.44 bits per heavy atom. The van der Waals surface area contributed by atoms with E-state index in [1.807, 2.05) is 13.0 Å². The van der Waals surface area contributed by atoms with Crippen LogP contribution in [0, 0.1) is 0 Å². The fraction of sp³-hybridized carbons (Fsp3) is 0.500. The molecule has 1 aliphatic rings. The molecule has 0 spiro atoms. The Kier molecular flexibility index (Phi) is 3.63. The molecule has 2 nitrogen and oxygen atoms in total. The highest BCUT2D eigenvalue weighted by atomic mass is 35.5. The molecule has 2 rings (SSSR count). The van der Waals surface area contributed by atoms with Crippen molar-refractivity contribution in [1.29, 1.82) is 0 Å². The fourth-order valence-corrected chi connectivity index (χ4v) is 2.75. The molecule has 0 saturated heterocycles. The largest absolute Gasteiger partial charge is 0.492 e. The molecule has 0 radical (unpaired) electrons. The van der Waals surface area contributed by atoms with Gasteiger partial charge < -0.3 is 10.5 Å². The monoisotopic (exact) mass is 259 g/mol. The van der Waals surface area contributed by atoms with E-state index in [-0.39, 0.29) is 12.0 Å². The summed E-state index contributed by atoms with van der Waals surface area (Å²) in [6.45, 7) is 2.70. The number of rotatable bonds is 1. The van der Waals surface area contributed by atoms with Gasteiger partial charge in [0.15, 0.2) is 0 Å². The van der Waals surface area contributed by atoms with Gasteiger partial charge in [0.05, 0.1) is 11.6 Å². The van der Waals surface area contributed by atoms with E-state index in [1.54, 1.807) is 6.07 Å². The van der Waals surface area contributed by atoms with Crippen LogP contribution >= 0.6 is 23.2 Å². The average molecular weight is 260 g/mol. The van der Waals surface area contributed by atoms with Crippen LogP contribution in [0.25, 0.3) is 0 Å². The van der Waals surface area contributed by atoms with Crippen molar-refractivity contribution in [2.24, 2.45) is 5.73 Å². The third kappa shape index (κ3) is 2.29. The molecule has 2 unspecified atom stereocenters. The zero-order valence-electron chi connectivity index (χ0n) is 9.17. The highest BCUT2D eigenvalue weighted by Crippen LogP contribution is 2.41. The number of halogens is 2. The first-order valence-electron chi connectivity index (χ1n) is 5.47. The molecule has 0 fully saturated rings. The summed E-state index contributed by atoms with van der Waals surface area (Å²) < 4.78 is 5.67. The van der Waals surface area contributed by atoms with E-state index in [0.717, 1.165) is 24.2 Å². The van der Waals surface area contributed by atoms with Gasteiger partial charge in [-0.15, -0.1) is 0 Å². The highest BCUT2D eigenvalue weighted by molar-refractivity contribution is 6.35. The number of hydrogen-bond acceptors (Lipinski definition) is 2. The quantitative estimate of drug-likeness (QED) is 0.837. The SMILES string of the molecule is CC(N)C1CCCOc2c(Cl)cc(Cl)cc21. The Bertz CT molecular complexity index is 393. The summed E-state index contributed by atoms with van der Waals surface area (Å²) in [5, 5.41) is 1.22. The van der Waals surface area contributed by atoms with E-state index in [1.165, 1.54) is 0 Å². The first-order valence-corrected chi connectivity index (χ1v) is 6.22. The Morgan fingerprint density at radius 3 is 2.88 bits per heavy atom. The van der Waals surface area contributed by atoms with Crippen LogP contribution in [0.15, 0.2) is 12.1 Å². The molecule has 0 aromatic heterocycles. The van der Waals surface area contributed by atoms with Gasteiger partial charge in [-0.05, 0) is 31.9 Å². The summed E-state index contributed by atoms with van der Waals surface area (Å²) in [6.07, 6.45) is 2.01. The summed E-state index contributed by atoms with van der Waals surface area (Å²) >= 11 is 12.2. The number of nitrogens with two attached hydrogens (primary N) is 1. The summed E-state index contributed by atoms with van der Waals surface area (Å²) in [4.78, 5) is 0. The van der Waals surface area contributed by atoms with Gasteiger partial charge in [0.2, 0.25) is 0 Å². The third-order valence-corrected chi connectivity index (χ3v) is 3.48. The van der Waals surface area contributed by atoms with Crippen molar-refractivity contribution in [3.63, 3.8) is 0 Å². The standard InChI is InChI=1S/C12H15Cl2NO/c1-7(15)9-3-2-4-16-12-10(9)5-8(13)6-11(12)14/h5-7,9H,2-4,15H2,1H3. The molecular weight excluding hydrogens is 245 g/mol. The van der Waals surface area contributed by atoms with Crippen LogP contribution in [0.5, 0.6) is 5.75 Å². The molecule has 1 heterocycles. The summed E-state index contributed by atoms with van der Waals surface area (Å²) in [5.74, 6) is 1.03. The van der Waals surface area contributed by atoms with Crippen LogP contribution in [-0.2, 0) is 0 Å². The van der Waals surface area contributed by atoms with E-state index in [0.29, 0.717) is 16.7 Å². The summed E-state index contributed by atoms with van der Waals surface area (Å²) in [6, 6.07) is 3.71. The lowest BCUT2D eigenvalue weighted by atomic mass is 9.89. The van der Waals surface area contributed by atoms with Gasteiger partial charge in [-0.25, -0.2) is 0 Å². The number of ether oxygens (including phenoxy) is 1. The van der Waals surface area contributed by atoms with Crippen molar-refractivity contribution in [2.45, 2.75) is 31.7 Å². The fourth-order valence-electron chi connectivity index (χ4n) is 2.19. The zero-order valence-corrected chi connectivity index (χ0v) is 10.7. The maximum Gasteiger partial charge on any atom is 0.141 e. The topological polar surface area (TPSA) is 35.2 Å². The Balaban J connectivity index is 2.51. The number of fused-ring (bicyclic) bond motifs is 1. The highest BCUT2D eigenvalue weighted by Gasteiger charge is 2.25. The predicted octanol–water partition coefficient (Wildman–Crippen LogP) is 3.60. The minimum absolute atomic E-state index is 0.0787. The Hall–Kier alpha value is -0.440. The van der Waals surface area contributed by atoms with Crippen LogP contribution in [0.1, 0.15) is 31.2 Å². The van der Waals surface area contributed by atoms with E-state index in [4.69, 9.17) is 33.7 Å². The van der Waals surface area contributed by atoms with Crippen molar-refractivity contribution in [1.82, 2.24) is 0 Å². The molecule has 88 valence electrons. The van der Waals surface area contributed by atoms with Crippen molar-refractivity contribution in [3.05, 3.63) is 27.7 Å². The minimum Gasteiger partial charge on any atom is -0.492 e. The zero-order chi connectivity index (χ0) is 11.7. The van der Waals surface area contributed by atoms with Crippen LogP contribution in [0.3, 0.4) is 0 Å².